The van der Waals surface area contributed by atoms with Crippen LogP contribution in [0.2, 0.25) is 0 Å². The van der Waals surface area contributed by atoms with E-state index in [0.29, 0.717) is 13.7 Å². The van der Waals surface area contributed by atoms with Crippen LogP contribution in [0.5, 0.6) is 0 Å². The van der Waals surface area contributed by atoms with Gasteiger partial charge in [-0.05, 0) is 61.6 Å². The smallest absolute Gasteiger partial charge is 0.271 e. The molecular weight excluding hydrogens is 436 g/mol. The molecule has 0 fully saturated rings. The van der Waals surface area contributed by atoms with Gasteiger partial charge in [0.15, 0.2) is 5.71 Å². The number of halogens is 3. The second-order valence-electron chi connectivity index (χ2n) is 3.89. The van der Waals surface area contributed by atoms with Crippen molar-refractivity contribution < 1.29 is 10.0 Å². The Balaban J connectivity index is 3.36. The molecule has 1 aromatic heterocycles. The van der Waals surface area contributed by atoms with Crippen molar-refractivity contribution >= 4 is 59.4 Å². The van der Waals surface area contributed by atoms with Gasteiger partial charge in [-0.3, -0.25) is 4.79 Å². The Morgan fingerprint density at radius 1 is 1.44 bits per heavy atom. The molecule has 6 nitrogen and oxygen atoms in total. The minimum absolute atomic E-state index is 0.0480. The van der Waals surface area contributed by atoms with Crippen LogP contribution in [0.1, 0.15) is 13.8 Å². The highest BCUT2D eigenvalue weighted by Crippen LogP contribution is 2.34. The Kier molecular flexibility index (Phi) is 4.96. The number of oxime groups is 1. The number of hydrogen-bond acceptors (Lipinski definition) is 4. The molecule has 1 heterocycles. The van der Waals surface area contributed by atoms with Gasteiger partial charge in [-0.2, -0.15) is 5.10 Å². The fourth-order valence-electron chi connectivity index (χ4n) is 1.39. The van der Waals surface area contributed by atoms with Crippen molar-refractivity contribution in [3.63, 3.8) is 0 Å². The summed E-state index contributed by atoms with van der Waals surface area (Å²) in [6.07, 6.45) is 0. The van der Waals surface area contributed by atoms with E-state index in [9.17, 15) is 4.79 Å². The first-order valence-corrected chi connectivity index (χ1v) is 7.19. The molecule has 18 heavy (non-hydrogen) atoms. The molecule has 1 rings (SSSR count). The third kappa shape index (κ3) is 2.62. The first kappa shape index (κ1) is 15.6. The zero-order valence-electron chi connectivity index (χ0n) is 9.83. The Bertz CT molecular complexity index is 510. The molecule has 0 aliphatic rings. The zero-order valence-corrected chi connectivity index (χ0v) is 14.6. The normalized spacial score (nSPS) is 12.7. The molecule has 0 aliphatic heterocycles. The van der Waals surface area contributed by atoms with E-state index in [4.69, 9.17) is 5.21 Å². The highest BCUT2D eigenvalue weighted by molar-refractivity contribution is 9.14. The van der Waals surface area contributed by atoms with Crippen LogP contribution in [-0.4, -0.2) is 33.7 Å². The molecule has 0 saturated carbocycles. The van der Waals surface area contributed by atoms with Crippen LogP contribution in [-0.2, 0) is 10.3 Å². The summed E-state index contributed by atoms with van der Waals surface area (Å²) in [6, 6.07) is 0. The molecular formula is C9H11Br3N4O2. The summed E-state index contributed by atoms with van der Waals surface area (Å²) in [7, 11) is 1.47. The van der Waals surface area contributed by atoms with Gasteiger partial charge in [-0.1, -0.05) is 5.16 Å². The van der Waals surface area contributed by atoms with E-state index in [1.165, 1.54) is 11.7 Å². The van der Waals surface area contributed by atoms with E-state index in [2.05, 4.69) is 63.4 Å². The number of nitrogens with one attached hydrogen (secondary N) is 1. The Morgan fingerprint density at radius 3 is 2.33 bits per heavy atom. The summed E-state index contributed by atoms with van der Waals surface area (Å²) >= 11 is 9.97. The number of nitrogens with zero attached hydrogens (tertiary/aromatic N) is 3. The number of amides is 1. The van der Waals surface area contributed by atoms with E-state index < -0.39 is 11.4 Å². The molecule has 0 unspecified atom stereocenters. The molecule has 0 radical (unpaired) electrons. The van der Waals surface area contributed by atoms with Crippen molar-refractivity contribution in [1.29, 1.82) is 0 Å². The fourth-order valence-corrected chi connectivity index (χ4v) is 2.96. The quantitative estimate of drug-likeness (QED) is 0.425. The molecule has 0 spiro atoms. The highest BCUT2D eigenvalue weighted by atomic mass is 79.9. The summed E-state index contributed by atoms with van der Waals surface area (Å²) in [5, 5.41) is 18.8. The predicted octanol–water partition coefficient (Wildman–Crippen LogP) is 2.48. The first-order valence-electron chi connectivity index (χ1n) is 4.82. The summed E-state index contributed by atoms with van der Waals surface area (Å²) < 4.78 is 3.46. The van der Waals surface area contributed by atoms with Crippen molar-refractivity contribution in [2.45, 2.75) is 19.4 Å². The molecule has 0 atom stereocenters. The fraction of sp³-hybridized carbons (Fsp3) is 0.444. The van der Waals surface area contributed by atoms with Crippen LogP contribution >= 0.6 is 47.8 Å². The minimum Gasteiger partial charge on any atom is -0.410 e. The minimum atomic E-state index is -0.928. The number of rotatable bonds is 3. The third-order valence-corrected chi connectivity index (χ3v) is 5.49. The summed E-state index contributed by atoms with van der Waals surface area (Å²) in [4.78, 5) is 11.7. The third-order valence-electron chi connectivity index (χ3n) is 2.39. The van der Waals surface area contributed by atoms with E-state index >= 15 is 0 Å². The van der Waals surface area contributed by atoms with Gasteiger partial charge >= 0.3 is 0 Å². The maximum atomic E-state index is 11.7. The second-order valence-corrected chi connectivity index (χ2v) is 6.19. The van der Waals surface area contributed by atoms with Gasteiger partial charge in [0, 0.05) is 7.05 Å². The van der Waals surface area contributed by atoms with Gasteiger partial charge in [-0.15, -0.1) is 0 Å². The van der Waals surface area contributed by atoms with Gasteiger partial charge in [0.05, 0.1) is 4.47 Å². The molecule has 0 bridgehead atoms. The number of carbonyl (C=O) groups is 1. The van der Waals surface area contributed by atoms with Crippen LogP contribution < -0.4 is 5.32 Å². The number of hydrogen-bond donors (Lipinski definition) is 2. The van der Waals surface area contributed by atoms with E-state index in [1.54, 1.807) is 13.8 Å². The van der Waals surface area contributed by atoms with Crippen molar-refractivity contribution in [3.05, 3.63) is 13.7 Å². The van der Waals surface area contributed by atoms with E-state index in [-0.39, 0.29) is 5.71 Å². The van der Waals surface area contributed by atoms with Crippen LogP contribution in [0.3, 0.4) is 0 Å². The average Bonchev–Trinajstić information content (AvgIpc) is 2.57. The van der Waals surface area contributed by atoms with Crippen molar-refractivity contribution in [3.8, 4) is 0 Å². The van der Waals surface area contributed by atoms with E-state index in [1.807, 2.05) is 0 Å². The lowest BCUT2D eigenvalue weighted by atomic mass is 9.98. The summed E-state index contributed by atoms with van der Waals surface area (Å²) in [5.41, 5.74) is -0.976. The maximum absolute atomic E-state index is 11.7. The van der Waals surface area contributed by atoms with Crippen molar-refractivity contribution in [1.82, 2.24) is 15.1 Å². The van der Waals surface area contributed by atoms with Gasteiger partial charge in [0.2, 0.25) is 0 Å². The van der Waals surface area contributed by atoms with Crippen molar-refractivity contribution in [2.24, 2.45) is 5.16 Å². The lowest BCUT2D eigenvalue weighted by Crippen LogP contribution is -2.45. The largest absolute Gasteiger partial charge is 0.410 e. The second kappa shape index (κ2) is 5.70. The predicted molar refractivity (Wildman–Crippen MR) is 77.9 cm³/mol. The highest BCUT2D eigenvalue weighted by Gasteiger charge is 2.36. The SMILES string of the molecule is CNC(=O)C(=NO)C(C)(C)n1nc(Br)c(Br)c1Br. The average molecular weight is 447 g/mol. The molecule has 9 heteroatoms. The molecule has 1 amide bonds. The maximum Gasteiger partial charge on any atom is 0.271 e. The van der Waals surface area contributed by atoms with Gasteiger partial charge in [0.25, 0.3) is 5.91 Å². The van der Waals surface area contributed by atoms with Crippen LogP contribution in [0.4, 0.5) is 0 Å². The Hall–Kier alpha value is -0.410. The van der Waals surface area contributed by atoms with Gasteiger partial charge < -0.3 is 10.5 Å². The molecule has 1 aromatic rings. The Morgan fingerprint density at radius 2 is 2.00 bits per heavy atom. The molecule has 0 aliphatic carbocycles. The molecule has 2 N–H and O–H groups in total. The Labute approximate surface area is 129 Å². The van der Waals surface area contributed by atoms with Gasteiger partial charge in [0.1, 0.15) is 14.7 Å². The molecule has 100 valence electrons. The zero-order chi connectivity index (χ0) is 14.1. The monoisotopic (exact) mass is 444 g/mol. The van der Waals surface area contributed by atoms with E-state index in [0.717, 1.165) is 0 Å². The summed E-state index contributed by atoms with van der Waals surface area (Å²) in [6.45, 7) is 3.43. The van der Waals surface area contributed by atoms with Crippen LogP contribution in [0, 0.1) is 0 Å². The molecule has 0 saturated heterocycles. The van der Waals surface area contributed by atoms with Crippen LogP contribution in [0.25, 0.3) is 0 Å². The molecule has 0 aromatic carbocycles. The standard InChI is InChI=1S/C9H11Br3N4O2/c1-9(2,5(15-18)8(17)13-3)16-7(12)4(10)6(11)14-16/h18H,1-3H3,(H,13,17). The van der Waals surface area contributed by atoms with Gasteiger partial charge in [-0.25, -0.2) is 4.68 Å². The number of carbonyl (C=O) groups excluding carboxylic acids is 1. The topological polar surface area (TPSA) is 79.5 Å². The van der Waals surface area contributed by atoms with Crippen LogP contribution in [0.15, 0.2) is 18.8 Å². The first-order chi connectivity index (χ1) is 8.27. The lowest BCUT2D eigenvalue weighted by Gasteiger charge is -2.26. The number of aromatic nitrogens is 2. The summed E-state index contributed by atoms with van der Waals surface area (Å²) in [5.74, 6) is -0.475. The van der Waals surface area contributed by atoms with Crippen molar-refractivity contribution in [2.75, 3.05) is 7.05 Å². The lowest BCUT2D eigenvalue weighted by molar-refractivity contribution is -0.115.